The molecule has 0 saturated carbocycles. The van der Waals surface area contributed by atoms with Crippen LogP contribution >= 0.6 is 0 Å². The van der Waals surface area contributed by atoms with E-state index in [0.29, 0.717) is 25.3 Å². The number of ether oxygens (including phenoxy) is 2. The van der Waals surface area contributed by atoms with Gasteiger partial charge in [0, 0.05) is 37.6 Å². The first-order chi connectivity index (χ1) is 13.6. The van der Waals surface area contributed by atoms with Crippen molar-refractivity contribution in [1.82, 2.24) is 19.8 Å². The molecule has 2 aliphatic heterocycles. The number of morpholine rings is 1. The van der Waals surface area contributed by atoms with Gasteiger partial charge < -0.3 is 19.4 Å². The van der Waals surface area contributed by atoms with Gasteiger partial charge in [-0.1, -0.05) is 0 Å². The smallest absolute Gasteiger partial charge is 0.254 e. The quantitative estimate of drug-likeness (QED) is 0.868. The van der Waals surface area contributed by atoms with Crippen molar-refractivity contribution in [3.63, 3.8) is 0 Å². The summed E-state index contributed by atoms with van der Waals surface area (Å²) in [4.78, 5) is 24.5. The van der Waals surface area contributed by atoms with Gasteiger partial charge in [-0.3, -0.25) is 9.69 Å². The van der Waals surface area contributed by atoms with Crippen LogP contribution in [0.1, 0.15) is 29.0 Å². The molecule has 2 saturated heterocycles. The first kappa shape index (κ1) is 18.9. The Morgan fingerprint density at radius 2 is 2.18 bits per heavy atom. The average molecular weight is 388 g/mol. The summed E-state index contributed by atoms with van der Waals surface area (Å²) >= 11 is 0. The predicted octanol–water partition coefficient (Wildman–Crippen LogP) is 2.06. The number of H-pyrrole nitrogens is 1. The summed E-state index contributed by atoms with van der Waals surface area (Å²) < 4.78 is 24.8. The second-order valence-corrected chi connectivity index (χ2v) is 7.42. The van der Waals surface area contributed by atoms with E-state index < -0.39 is 5.82 Å². The van der Waals surface area contributed by atoms with Crippen LogP contribution in [0.5, 0.6) is 5.75 Å². The number of imidazole rings is 1. The number of hydrogen-bond donors (Lipinski definition) is 1. The number of aromatic nitrogens is 2. The van der Waals surface area contributed by atoms with Gasteiger partial charge in [-0.25, -0.2) is 9.37 Å². The molecule has 8 heteroatoms. The van der Waals surface area contributed by atoms with Crippen LogP contribution in [-0.2, 0) is 11.3 Å². The van der Waals surface area contributed by atoms with E-state index in [0.717, 1.165) is 38.3 Å². The number of aromatic amines is 1. The number of likely N-dealkylation sites (tertiary alicyclic amines) is 1. The van der Waals surface area contributed by atoms with Crippen molar-refractivity contribution in [2.75, 3.05) is 39.9 Å². The number of halogens is 1. The fourth-order valence-corrected chi connectivity index (χ4v) is 4.01. The number of benzene rings is 1. The van der Waals surface area contributed by atoms with Gasteiger partial charge >= 0.3 is 0 Å². The highest BCUT2D eigenvalue weighted by Crippen LogP contribution is 2.31. The Bertz CT molecular complexity index is 819. The third kappa shape index (κ3) is 3.88. The molecule has 1 spiro atoms. The first-order valence-electron chi connectivity index (χ1n) is 9.56. The number of nitrogens with zero attached hydrogens (tertiary/aromatic N) is 3. The summed E-state index contributed by atoms with van der Waals surface area (Å²) in [7, 11) is 1.40. The summed E-state index contributed by atoms with van der Waals surface area (Å²) in [6.45, 7) is 4.19. The molecule has 4 rings (SSSR count). The van der Waals surface area contributed by atoms with Gasteiger partial charge in [0.2, 0.25) is 0 Å². The minimum Gasteiger partial charge on any atom is -0.494 e. The van der Waals surface area contributed by atoms with Crippen LogP contribution in [0, 0.1) is 5.82 Å². The second-order valence-electron chi connectivity index (χ2n) is 7.42. The summed E-state index contributed by atoms with van der Waals surface area (Å²) in [5.41, 5.74) is 0.128. The van der Waals surface area contributed by atoms with Crippen molar-refractivity contribution >= 4 is 5.91 Å². The molecular weight excluding hydrogens is 363 g/mol. The Hall–Kier alpha value is -2.45. The Labute approximate surface area is 163 Å². The van der Waals surface area contributed by atoms with Gasteiger partial charge in [0.15, 0.2) is 11.6 Å². The van der Waals surface area contributed by atoms with E-state index in [1.54, 1.807) is 6.20 Å². The number of rotatable bonds is 4. The van der Waals surface area contributed by atoms with Gasteiger partial charge in [-0.15, -0.1) is 0 Å². The zero-order chi connectivity index (χ0) is 19.6. The molecule has 150 valence electrons. The number of amides is 1. The molecule has 1 aromatic carbocycles. The maximum absolute atomic E-state index is 13.7. The number of hydrogen-bond acceptors (Lipinski definition) is 5. The fourth-order valence-electron chi connectivity index (χ4n) is 4.01. The van der Waals surface area contributed by atoms with E-state index in [1.807, 2.05) is 11.1 Å². The SMILES string of the molecule is COc1cc(C(=O)N2CCOC3(CCN(Cc4ncc[nH]4)CC3)C2)ccc1F. The van der Waals surface area contributed by atoms with Gasteiger partial charge in [0.1, 0.15) is 5.82 Å². The van der Waals surface area contributed by atoms with Gasteiger partial charge in [0.05, 0.1) is 32.4 Å². The zero-order valence-corrected chi connectivity index (χ0v) is 16.0. The fraction of sp³-hybridized carbons (Fsp3) is 0.500. The Kier molecular flexibility index (Phi) is 5.32. The lowest BCUT2D eigenvalue weighted by Gasteiger charge is -2.47. The molecule has 1 amide bonds. The molecule has 0 atom stereocenters. The van der Waals surface area contributed by atoms with Crippen LogP contribution in [0.3, 0.4) is 0 Å². The van der Waals surface area contributed by atoms with E-state index in [1.165, 1.54) is 25.3 Å². The van der Waals surface area contributed by atoms with Crippen LogP contribution in [0.2, 0.25) is 0 Å². The van der Waals surface area contributed by atoms with E-state index >= 15 is 0 Å². The van der Waals surface area contributed by atoms with E-state index in [4.69, 9.17) is 9.47 Å². The van der Waals surface area contributed by atoms with E-state index in [9.17, 15) is 9.18 Å². The summed E-state index contributed by atoms with van der Waals surface area (Å²) in [5, 5.41) is 0. The first-order valence-corrected chi connectivity index (χ1v) is 9.56. The maximum Gasteiger partial charge on any atom is 0.254 e. The lowest BCUT2D eigenvalue weighted by atomic mass is 9.89. The second kappa shape index (κ2) is 7.89. The normalized spacial score (nSPS) is 19.7. The van der Waals surface area contributed by atoms with Crippen LogP contribution in [0.15, 0.2) is 30.6 Å². The number of nitrogens with one attached hydrogen (secondary N) is 1. The van der Waals surface area contributed by atoms with E-state index in [-0.39, 0.29) is 17.3 Å². The molecule has 0 aliphatic carbocycles. The maximum atomic E-state index is 13.7. The van der Waals surface area contributed by atoms with Gasteiger partial charge in [0.25, 0.3) is 5.91 Å². The largest absolute Gasteiger partial charge is 0.494 e. The third-order valence-corrected chi connectivity index (χ3v) is 5.63. The molecule has 0 bridgehead atoms. The van der Waals surface area contributed by atoms with Gasteiger partial charge in [-0.2, -0.15) is 0 Å². The van der Waals surface area contributed by atoms with Crippen molar-refractivity contribution in [2.45, 2.75) is 25.0 Å². The van der Waals surface area contributed by atoms with Crippen molar-refractivity contribution < 1.29 is 18.7 Å². The molecule has 2 aliphatic rings. The highest BCUT2D eigenvalue weighted by molar-refractivity contribution is 5.94. The Balaban J connectivity index is 1.40. The monoisotopic (exact) mass is 388 g/mol. The lowest BCUT2D eigenvalue weighted by Crippen LogP contribution is -2.57. The number of carbonyl (C=O) groups excluding carboxylic acids is 1. The van der Waals surface area contributed by atoms with Crippen molar-refractivity contribution in [3.8, 4) is 5.75 Å². The number of carbonyl (C=O) groups is 1. The van der Waals surface area contributed by atoms with Crippen molar-refractivity contribution in [1.29, 1.82) is 0 Å². The summed E-state index contributed by atoms with van der Waals surface area (Å²) in [6.07, 6.45) is 5.33. The molecule has 0 radical (unpaired) electrons. The van der Waals surface area contributed by atoms with Crippen LogP contribution in [0.4, 0.5) is 4.39 Å². The Morgan fingerprint density at radius 3 is 2.89 bits per heavy atom. The van der Waals surface area contributed by atoms with Crippen molar-refractivity contribution in [2.24, 2.45) is 0 Å². The van der Waals surface area contributed by atoms with Crippen LogP contribution in [-0.4, -0.2) is 71.2 Å². The van der Waals surface area contributed by atoms with Crippen molar-refractivity contribution in [3.05, 3.63) is 47.8 Å². The summed E-state index contributed by atoms with van der Waals surface area (Å²) in [6, 6.07) is 4.25. The average Bonchev–Trinajstić information content (AvgIpc) is 3.23. The molecule has 2 aromatic rings. The van der Waals surface area contributed by atoms with Crippen LogP contribution < -0.4 is 4.74 Å². The molecule has 3 heterocycles. The topological polar surface area (TPSA) is 70.7 Å². The highest BCUT2D eigenvalue weighted by Gasteiger charge is 2.41. The lowest BCUT2D eigenvalue weighted by molar-refractivity contribution is -0.128. The van der Waals surface area contributed by atoms with Crippen LogP contribution in [0.25, 0.3) is 0 Å². The molecule has 2 fully saturated rings. The Morgan fingerprint density at radius 1 is 1.36 bits per heavy atom. The van der Waals surface area contributed by atoms with Gasteiger partial charge in [-0.05, 0) is 31.0 Å². The molecule has 28 heavy (non-hydrogen) atoms. The zero-order valence-electron chi connectivity index (χ0n) is 16.0. The third-order valence-electron chi connectivity index (χ3n) is 5.63. The molecule has 1 aromatic heterocycles. The minimum absolute atomic E-state index is 0.0834. The number of methoxy groups -OCH3 is 1. The minimum atomic E-state index is -0.471. The predicted molar refractivity (Wildman–Crippen MR) is 101 cm³/mol. The molecular formula is C20H25FN4O3. The molecule has 1 N–H and O–H groups in total. The summed E-state index contributed by atoms with van der Waals surface area (Å²) in [5.74, 6) is 0.461. The number of piperidine rings is 1. The molecule has 0 unspecified atom stereocenters. The molecule has 7 nitrogen and oxygen atoms in total. The highest BCUT2D eigenvalue weighted by atomic mass is 19.1. The van der Waals surface area contributed by atoms with E-state index in [2.05, 4.69) is 14.9 Å². The standard InChI is InChI=1S/C20H25FN4O3/c1-27-17-12-15(2-3-16(17)21)19(26)25-10-11-28-20(14-25)4-8-24(9-5-20)13-18-22-6-7-23-18/h2-3,6-7,12H,4-5,8-11,13-14H2,1H3,(H,22,23).